The van der Waals surface area contributed by atoms with Crippen LogP contribution in [0.15, 0.2) is 60.7 Å². The molecule has 0 saturated carbocycles. The number of halogens is 1. The van der Waals surface area contributed by atoms with Gasteiger partial charge in [-0.15, -0.1) is 11.3 Å². The molecule has 0 unspecified atom stereocenters. The second-order valence-electron chi connectivity index (χ2n) is 5.20. The molecule has 122 valence electrons. The highest BCUT2D eigenvalue weighted by atomic mass is 35.5. The summed E-state index contributed by atoms with van der Waals surface area (Å²) in [6, 6.07) is 19.0. The number of carbonyl (C=O) groups excluding carboxylic acids is 1. The van der Waals surface area contributed by atoms with Gasteiger partial charge in [0.2, 0.25) is 0 Å². The number of amides is 1. The Morgan fingerprint density at radius 3 is 2.62 bits per heavy atom. The third-order valence-corrected chi connectivity index (χ3v) is 4.92. The average Bonchev–Trinajstić information content (AvgIpc) is 3.10. The van der Waals surface area contributed by atoms with Crippen molar-refractivity contribution in [3.63, 3.8) is 0 Å². The zero-order valence-corrected chi connectivity index (χ0v) is 14.7. The van der Waals surface area contributed by atoms with E-state index in [-0.39, 0.29) is 5.91 Å². The Morgan fingerprint density at radius 2 is 1.92 bits per heavy atom. The molecule has 1 N–H and O–H groups in total. The van der Waals surface area contributed by atoms with E-state index in [1.807, 2.05) is 60.7 Å². The first kappa shape index (κ1) is 16.6. The van der Waals surface area contributed by atoms with Crippen LogP contribution in [0.2, 0.25) is 5.02 Å². The molecule has 0 fully saturated rings. The first-order chi connectivity index (χ1) is 11.7. The third-order valence-electron chi connectivity index (χ3n) is 3.55. The summed E-state index contributed by atoms with van der Waals surface area (Å²) in [4.78, 5) is 14.0. The van der Waals surface area contributed by atoms with E-state index in [1.165, 1.54) is 11.3 Å². The third kappa shape index (κ3) is 3.96. The van der Waals surface area contributed by atoms with Crippen LogP contribution in [0.5, 0.6) is 5.75 Å². The lowest BCUT2D eigenvalue weighted by molar-refractivity contribution is 0.0955. The second kappa shape index (κ2) is 7.51. The molecule has 0 spiro atoms. The number of hydrogen-bond donors (Lipinski definition) is 1. The molecule has 0 aliphatic carbocycles. The molecule has 3 nitrogen and oxygen atoms in total. The highest BCUT2D eigenvalue weighted by Gasteiger charge is 2.10. The molecule has 24 heavy (non-hydrogen) atoms. The van der Waals surface area contributed by atoms with Gasteiger partial charge in [0, 0.05) is 16.4 Å². The van der Waals surface area contributed by atoms with Gasteiger partial charge in [-0.05, 0) is 47.5 Å². The fourth-order valence-electron chi connectivity index (χ4n) is 2.27. The van der Waals surface area contributed by atoms with Crippen molar-refractivity contribution < 1.29 is 9.53 Å². The lowest BCUT2D eigenvalue weighted by atomic mass is 10.2. The Kier molecular flexibility index (Phi) is 5.18. The van der Waals surface area contributed by atoms with E-state index in [2.05, 4.69) is 5.32 Å². The van der Waals surface area contributed by atoms with Crippen molar-refractivity contribution in [2.75, 3.05) is 7.11 Å². The standard InChI is InChI=1S/C19H16ClNO2S/c1-23-16-7-5-13(6-8-16)12-21-19(22)18-10-9-17(24-18)14-3-2-4-15(20)11-14/h2-11H,12H2,1H3,(H,21,22). The van der Waals surface area contributed by atoms with Crippen LogP contribution in [-0.4, -0.2) is 13.0 Å². The number of methoxy groups -OCH3 is 1. The SMILES string of the molecule is COc1ccc(CNC(=O)c2ccc(-c3cccc(Cl)c3)s2)cc1. The number of benzene rings is 2. The molecular weight excluding hydrogens is 342 g/mol. The molecule has 1 aromatic heterocycles. The van der Waals surface area contributed by atoms with E-state index in [0.717, 1.165) is 21.8 Å². The lowest BCUT2D eigenvalue weighted by Gasteiger charge is -2.05. The van der Waals surface area contributed by atoms with Crippen molar-refractivity contribution in [2.45, 2.75) is 6.54 Å². The van der Waals surface area contributed by atoms with E-state index >= 15 is 0 Å². The van der Waals surface area contributed by atoms with Crippen molar-refractivity contribution in [2.24, 2.45) is 0 Å². The quantitative estimate of drug-likeness (QED) is 0.697. The van der Waals surface area contributed by atoms with Crippen LogP contribution in [0.3, 0.4) is 0 Å². The molecule has 0 atom stereocenters. The summed E-state index contributed by atoms with van der Waals surface area (Å²) < 4.78 is 5.12. The van der Waals surface area contributed by atoms with Gasteiger partial charge in [0.25, 0.3) is 5.91 Å². The van der Waals surface area contributed by atoms with Crippen LogP contribution in [0, 0.1) is 0 Å². The van der Waals surface area contributed by atoms with Gasteiger partial charge < -0.3 is 10.1 Å². The highest BCUT2D eigenvalue weighted by molar-refractivity contribution is 7.17. The van der Waals surface area contributed by atoms with E-state index in [0.29, 0.717) is 16.4 Å². The molecule has 1 heterocycles. The van der Waals surface area contributed by atoms with Gasteiger partial charge in [0.1, 0.15) is 5.75 Å². The fourth-order valence-corrected chi connectivity index (χ4v) is 3.38. The molecule has 0 bridgehead atoms. The molecule has 0 aliphatic rings. The van der Waals surface area contributed by atoms with E-state index in [4.69, 9.17) is 16.3 Å². The summed E-state index contributed by atoms with van der Waals surface area (Å²) in [5.41, 5.74) is 2.04. The van der Waals surface area contributed by atoms with Gasteiger partial charge in [0.05, 0.1) is 12.0 Å². The van der Waals surface area contributed by atoms with Crippen LogP contribution in [-0.2, 0) is 6.54 Å². The van der Waals surface area contributed by atoms with Crippen LogP contribution in [0.1, 0.15) is 15.2 Å². The van der Waals surface area contributed by atoms with Gasteiger partial charge in [-0.25, -0.2) is 0 Å². The molecule has 3 aromatic rings. The number of rotatable bonds is 5. The summed E-state index contributed by atoms with van der Waals surface area (Å²) in [5.74, 6) is 0.721. The summed E-state index contributed by atoms with van der Waals surface area (Å²) >= 11 is 7.47. The maximum absolute atomic E-state index is 12.3. The van der Waals surface area contributed by atoms with Crippen molar-refractivity contribution in [3.05, 3.63) is 76.1 Å². The van der Waals surface area contributed by atoms with Gasteiger partial charge in [0.15, 0.2) is 0 Å². The molecule has 5 heteroatoms. The van der Waals surface area contributed by atoms with Crippen LogP contribution >= 0.6 is 22.9 Å². The first-order valence-electron chi connectivity index (χ1n) is 7.42. The minimum absolute atomic E-state index is 0.0795. The van der Waals surface area contributed by atoms with Gasteiger partial charge in [-0.2, -0.15) is 0 Å². The van der Waals surface area contributed by atoms with Crippen LogP contribution < -0.4 is 10.1 Å². The van der Waals surface area contributed by atoms with Crippen molar-refractivity contribution >= 4 is 28.8 Å². The molecule has 0 saturated heterocycles. The maximum Gasteiger partial charge on any atom is 0.261 e. The van der Waals surface area contributed by atoms with Crippen LogP contribution in [0.4, 0.5) is 0 Å². The predicted octanol–water partition coefficient (Wildman–Crippen LogP) is 5.01. The number of carbonyl (C=O) groups is 1. The average molecular weight is 358 g/mol. The molecule has 2 aromatic carbocycles. The highest BCUT2D eigenvalue weighted by Crippen LogP contribution is 2.29. The predicted molar refractivity (Wildman–Crippen MR) is 98.9 cm³/mol. The fraction of sp³-hybridized carbons (Fsp3) is 0.105. The Balaban J connectivity index is 1.65. The van der Waals surface area contributed by atoms with Gasteiger partial charge >= 0.3 is 0 Å². The monoisotopic (exact) mass is 357 g/mol. The zero-order valence-electron chi connectivity index (χ0n) is 13.1. The Bertz CT molecular complexity index is 843. The zero-order chi connectivity index (χ0) is 16.9. The van der Waals surface area contributed by atoms with E-state index in [9.17, 15) is 4.79 Å². The number of hydrogen-bond acceptors (Lipinski definition) is 3. The number of nitrogens with one attached hydrogen (secondary N) is 1. The van der Waals surface area contributed by atoms with Gasteiger partial charge in [-0.3, -0.25) is 4.79 Å². The Labute approximate surface area is 149 Å². The minimum Gasteiger partial charge on any atom is -0.497 e. The summed E-state index contributed by atoms with van der Waals surface area (Å²) in [6.07, 6.45) is 0. The largest absolute Gasteiger partial charge is 0.497 e. The summed E-state index contributed by atoms with van der Waals surface area (Å²) in [7, 11) is 1.63. The van der Waals surface area contributed by atoms with Crippen molar-refractivity contribution in [1.82, 2.24) is 5.32 Å². The molecule has 0 radical (unpaired) electrons. The molecular formula is C19H16ClNO2S. The van der Waals surface area contributed by atoms with Crippen LogP contribution in [0.25, 0.3) is 10.4 Å². The number of thiophene rings is 1. The Hall–Kier alpha value is -2.30. The molecule has 0 aliphatic heterocycles. The molecule has 3 rings (SSSR count). The Morgan fingerprint density at radius 1 is 1.12 bits per heavy atom. The smallest absolute Gasteiger partial charge is 0.261 e. The normalized spacial score (nSPS) is 10.4. The molecule has 1 amide bonds. The number of ether oxygens (including phenoxy) is 1. The lowest BCUT2D eigenvalue weighted by Crippen LogP contribution is -2.21. The second-order valence-corrected chi connectivity index (χ2v) is 6.73. The van der Waals surface area contributed by atoms with E-state index < -0.39 is 0 Å². The van der Waals surface area contributed by atoms with Gasteiger partial charge in [-0.1, -0.05) is 35.9 Å². The van der Waals surface area contributed by atoms with Crippen molar-refractivity contribution in [3.8, 4) is 16.2 Å². The first-order valence-corrected chi connectivity index (χ1v) is 8.62. The van der Waals surface area contributed by atoms with Crippen molar-refractivity contribution in [1.29, 1.82) is 0 Å². The van der Waals surface area contributed by atoms with E-state index in [1.54, 1.807) is 7.11 Å². The topological polar surface area (TPSA) is 38.3 Å². The summed E-state index contributed by atoms with van der Waals surface area (Å²) in [6.45, 7) is 0.479. The summed E-state index contributed by atoms with van der Waals surface area (Å²) in [5, 5.41) is 3.62. The maximum atomic E-state index is 12.3. The minimum atomic E-state index is -0.0795.